The van der Waals surface area contributed by atoms with E-state index in [9.17, 15) is 5.11 Å². The van der Waals surface area contributed by atoms with Crippen LogP contribution < -0.4 is 4.74 Å². The molecule has 1 heterocycles. The fourth-order valence-electron chi connectivity index (χ4n) is 3.19. The molecule has 0 spiro atoms. The van der Waals surface area contributed by atoms with Gasteiger partial charge in [0.05, 0.1) is 12.7 Å². The number of nitrogens with zero attached hydrogens (tertiary/aromatic N) is 3. The van der Waals surface area contributed by atoms with Crippen LogP contribution >= 0.6 is 0 Å². The summed E-state index contributed by atoms with van der Waals surface area (Å²) in [6.07, 6.45) is 4.37. The second-order valence-corrected chi connectivity index (χ2v) is 6.49. The van der Waals surface area contributed by atoms with Crippen molar-refractivity contribution in [1.82, 2.24) is 14.8 Å². The van der Waals surface area contributed by atoms with Crippen molar-refractivity contribution in [3.8, 4) is 11.4 Å². The Labute approximate surface area is 142 Å². The maximum Gasteiger partial charge on any atom is 0.171 e. The summed E-state index contributed by atoms with van der Waals surface area (Å²) in [5, 5.41) is 18.8. The smallest absolute Gasteiger partial charge is 0.171 e. The molecule has 0 bridgehead atoms. The molecule has 1 atom stereocenters. The number of methoxy groups -OCH3 is 1. The second kappa shape index (κ2) is 6.51. The quantitative estimate of drug-likeness (QED) is 0.916. The molecule has 1 N–H and O–H groups in total. The molecule has 126 valence electrons. The van der Waals surface area contributed by atoms with E-state index in [1.54, 1.807) is 13.4 Å². The number of aromatic nitrogens is 3. The first-order valence-electron chi connectivity index (χ1n) is 8.19. The Kier molecular flexibility index (Phi) is 4.42. The van der Waals surface area contributed by atoms with E-state index in [1.165, 1.54) is 5.57 Å². The van der Waals surface area contributed by atoms with Crippen LogP contribution in [0.1, 0.15) is 33.0 Å². The Morgan fingerprint density at radius 3 is 2.58 bits per heavy atom. The van der Waals surface area contributed by atoms with Gasteiger partial charge in [-0.05, 0) is 42.2 Å². The fraction of sp³-hybridized carbons (Fsp3) is 0.368. The third-order valence-electron chi connectivity index (χ3n) is 4.50. The minimum atomic E-state index is 0.339. The van der Waals surface area contributed by atoms with Crippen LogP contribution in [0.4, 0.5) is 0 Å². The predicted molar refractivity (Wildman–Crippen MR) is 94.2 cm³/mol. The first-order valence-corrected chi connectivity index (χ1v) is 8.19. The van der Waals surface area contributed by atoms with Crippen LogP contribution in [0.25, 0.3) is 11.3 Å². The van der Waals surface area contributed by atoms with Gasteiger partial charge in [-0.25, -0.2) is 0 Å². The summed E-state index contributed by atoms with van der Waals surface area (Å²) in [5.74, 6) is 2.59. The molecule has 24 heavy (non-hydrogen) atoms. The van der Waals surface area contributed by atoms with Gasteiger partial charge in [0.25, 0.3) is 0 Å². The molecule has 1 aliphatic carbocycles. The number of allylic oxidation sites excluding steroid dienone is 4. The van der Waals surface area contributed by atoms with Crippen molar-refractivity contribution in [2.45, 2.75) is 27.2 Å². The lowest BCUT2D eigenvalue weighted by molar-refractivity contribution is 0.362. The van der Waals surface area contributed by atoms with Gasteiger partial charge in [0.15, 0.2) is 5.82 Å². The van der Waals surface area contributed by atoms with Gasteiger partial charge in [0.1, 0.15) is 17.8 Å². The maximum atomic E-state index is 10.5. The third-order valence-corrected chi connectivity index (χ3v) is 4.50. The van der Waals surface area contributed by atoms with Gasteiger partial charge in [-0.1, -0.05) is 26.3 Å². The van der Waals surface area contributed by atoms with Gasteiger partial charge >= 0.3 is 0 Å². The molecule has 1 aromatic heterocycles. The van der Waals surface area contributed by atoms with Crippen molar-refractivity contribution in [2.24, 2.45) is 11.8 Å². The zero-order chi connectivity index (χ0) is 17.3. The van der Waals surface area contributed by atoms with Crippen LogP contribution in [-0.2, 0) is 0 Å². The van der Waals surface area contributed by atoms with Crippen LogP contribution in [0, 0.1) is 11.8 Å². The monoisotopic (exact) mass is 325 g/mol. The van der Waals surface area contributed by atoms with Crippen LogP contribution in [-0.4, -0.2) is 27.0 Å². The van der Waals surface area contributed by atoms with Gasteiger partial charge in [-0.2, -0.15) is 0 Å². The Morgan fingerprint density at radius 2 is 1.96 bits per heavy atom. The molecule has 0 amide bonds. The molecule has 0 saturated carbocycles. The number of aliphatic hydroxyl groups excluding tert-OH is 1. The van der Waals surface area contributed by atoms with E-state index in [4.69, 9.17) is 4.74 Å². The van der Waals surface area contributed by atoms with E-state index in [0.717, 1.165) is 17.0 Å². The number of ether oxygens (including phenoxy) is 1. The second-order valence-electron chi connectivity index (χ2n) is 6.49. The minimum absolute atomic E-state index is 0.339. The Balaban J connectivity index is 2.04. The molecule has 3 rings (SSSR count). The maximum absolute atomic E-state index is 10.5. The molecule has 0 radical (unpaired) electrons. The molecule has 0 fully saturated rings. The molecule has 0 saturated heterocycles. The molecule has 5 nitrogen and oxygen atoms in total. The van der Waals surface area contributed by atoms with Crippen molar-refractivity contribution >= 4 is 5.57 Å². The van der Waals surface area contributed by atoms with Crippen molar-refractivity contribution in [1.29, 1.82) is 0 Å². The number of aliphatic hydroxyl groups is 1. The molecule has 5 heteroatoms. The molecular weight excluding hydrogens is 302 g/mol. The first-order chi connectivity index (χ1) is 11.5. The average molecular weight is 325 g/mol. The Bertz CT molecular complexity index is 785. The van der Waals surface area contributed by atoms with Crippen molar-refractivity contribution in [2.75, 3.05) is 7.11 Å². The van der Waals surface area contributed by atoms with Gasteiger partial charge < -0.3 is 9.84 Å². The Morgan fingerprint density at radius 1 is 1.25 bits per heavy atom. The van der Waals surface area contributed by atoms with E-state index in [2.05, 4.69) is 37.0 Å². The number of hydrogen-bond acceptors (Lipinski definition) is 4. The Hall–Kier alpha value is -2.56. The molecular formula is C19H23N3O2. The molecule has 1 unspecified atom stereocenters. The lowest BCUT2D eigenvalue weighted by Crippen LogP contribution is -2.14. The summed E-state index contributed by atoms with van der Waals surface area (Å²) in [4.78, 5) is 0. The summed E-state index contributed by atoms with van der Waals surface area (Å²) < 4.78 is 7.09. The molecule has 2 aromatic rings. The van der Waals surface area contributed by atoms with Crippen molar-refractivity contribution in [3.63, 3.8) is 0 Å². The lowest BCUT2D eigenvalue weighted by atomic mass is 9.82. The fourth-order valence-corrected chi connectivity index (χ4v) is 3.19. The zero-order valence-electron chi connectivity index (χ0n) is 14.5. The summed E-state index contributed by atoms with van der Waals surface area (Å²) in [7, 11) is 1.64. The highest BCUT2D eigenvalue weighted by atomic mass is 16.5. The zero-order valence-corrected chi connectivity index (χ0v) is 14.5. The number of rotatable bonds is 4. The third kappa shape index (κ3) is 2.94. The van der Waals surface area contributed by atoms with Crippen LogP contribution in [0.15, 0.2) is 48.0 Å². The summed E-state index contributed by atoms with van der Waals surface area (Å²) in [6.45, 7) is 6.50. The van der Waals surface area contributed by atoms with Gasteiger partial charge in [-0.15, -0.1) is 10.2 Å². The average Bonchev–Trinajstić information content (AvgIpc) is 3.04. The van der Waals surface area contributed by atoms with E-state index < -0.39 is 0 Å². The SMILES string of the molecule is COc1ccc(-n2cnnc2C2=C(O)CC(C)C(C(C)C)=C2)cc1. The summed E-state index contributed by atoms with van der Waals surface area (Å²) in [5.41, 5.74) is 3.01. The highest BCUT2D eigenvalue weighted by Gasteiger charge is 2.25. The van der Waals surface area contributed by atoms with E-state index in [1.807, 2.05) is 28.8 Å². The first kappa shape index (κ1) is 16.3. The van der Waals surface area contributed by atoms with Crippen LogP contribution in [0.3, 0.4) is 0 Å². The van der Waals surface area contributed by atoms with E-state index >= 15 is 0 Å². The molecule has 1 aromatic carbocycles. The van der Waals surface area contributed by atoms with Gasteiger partial charge in [-0.3, -0.25) is 4.57 Å². The van der Waals surface area contributed by atoms with Gasteiger partial charge in [0.2, 0.25) is 0 Å². The normalized spacial score (nSPS) is 18.0. The topological polar surface area (TPSA) is 60.2 Å². The van der Waals surface area contributed by atoms with Crippen LogP contribution in [0.5, 0.6) is 5.75 Å². The van der Waals surface area contributed by atoms with Crippen molar-refractivity contribution < 1.29 is 9.84 Å². The molecule has 1 aliphatic rings. The largest absolute Gasteiger partial charge is 0.512 e. The predicted octanol–water partition coefficient (Wildman–Crippen LogP) is 4.17. The lowest BCUT2D eigenvalue weighted by Gasteiger charge is -2.25. The summed E-state index contributed by atoms with van der Waals surface area (Å²) >= 11 is 0. The van der Waals surface area contributed by atoms with Crippen LogP contribution in [0.2, 0.25) is 0 Å². The number of hydrogen-bond donors (Lipinski definition) is 1. The van der Waals surface area contributed by atoms with Crippen molar-refractivity contribution in [3.05, 3.63) is 53.8 Å². The van der Waals surface area contributed by atoms with E-state index in [-0.39, 0.29) is 0 Å². The minimum Gasteiger partial charge on any atom is -0.512 e. The molecule has 0 aliphatic heterocycles. The highest BCUT2D eigenvalue weighted by Crippen LogP contribution is 2.36. The number of benzene rings is 1. The summed E-state index contributed by atoms with van der Waals surface area (Å²) in [6, 6.07) is 7.68. The van der Waals surface area contributed by atoms with E-state index in [0.29, 0.717) is 29.8 Å². The highest BCUT2D eigenvalue weighted by molar-refractivity contribution is 5.74. The van der Waals surface area contributed by atoms with Gasteiger partial charge in [0, 0.05) is 12.1 Å². The standard InChI is InChI=1S/C19H23N3O2/c1-12(2)16-10-17(18(23)9-13(16)3)19-21-20-11-22(19)14-5-7-15(24-4)8-6-14/h5-8,10-13,23H,9H2,1-4H3.